The Morgan fingerprint density at radius 2 is 1.58 bits per heavy atom. The van der Waals surface area contributed by atoms with Gasteiger partial charge >= 0.3 is 18.1 Å². The van der Waals surface area contributed by atoms with Crippen molar-refractivity contribution in [3.63, 3.8) is 0 Å². The molecule has 1 heterocycles. The summed E-state index contributed by atoms with van der Waals surface area (Å²) in [6, 6.07) is 13.4. The predicted molar refractivity (Wildman–Crippen MR) is 185 cm³/mol. The molecule has 6 atom stereocenters. The Labute approximate surface area is 305 Å². The Morgan fingerprint density at radius 1 is 0.923 bits per heavy atom. The molecule has 7 nitrogen and oxygen atoms in total. The van der Waals surface area contributed by atoms with E-state index in [-0.39, 0.29) is 37.6 Å². The second-order valence-corrected chi connectivity index (χ2v) is 17.2. The van der Waals surface area contributed by atoms with Crippen LogP contribution in [0, 0.1) is 22.7 Å². The van der Waals surface area contributed by atoms with Crippen LogP contribution in [-0.4, -0.2) is 58.5 Å². The zero-order valence-electron chi connectivity index (χ0n) is 29.5. The summed E-state index contributed by atoms with van der Waals surface area (Å²) in [6.45, 7) is 6.59. The van der Waals surface area contributed by atoms with E-state index in [1.54, 1.807) is 48.5 Å². The normalized spacial score (nSPS) is 33.9. The molecule has 0 aromatic heterocycles. The second kappa shape index (κ2) is 12.6. The Kier molecular flexibility index (Phi) is 9.13. The van der Waals surface area contributed by atoms with Crippen molar-refractivity contribution >= 4 is 23.3 Å². The van der Waals surface area contributed by atoms with Gasteiger partial charge in [-0.1, -0.05) is 62.2 Å². The second-order valence-electron chi connectivity index (χ2n) is 16.7. The number of anilines is 1. The molecule has 2 aromatic rings. The molecule has 13 heteroatoms. The lowest BCUT2D eigenvalue weighted by molar-refractivity contribution is -0.362. The molecule has 4 N–H and O–H groups in total. The third-order valence-electron chi connectivity index (χ3n) is 12.8. The van der Waals surface area contributed by atoms with Gasteiger partial charge in [-0.05, 0) is 91.3 Å². The molecular formula is C39H46ClF5N2O5. The van der Waals surface area contributed by atoms with Gasteiger partial charge in [-0.15, -0.1) is 0 Å². The maximum absolute atomic E-state index is 15.4. The molecule has 1 spiro atoms. The van der Waals surface area contributed by atoms with Gasteiger partial charge in [0.1, 0.15) is 5.60 Å². The van der Waals surface area contributed by atoms with Gasteiger partial charge < -0.3 is 30.3 Å². The molecule has 3 unspecified atom stereocenters. The molecule has 1 saturated heterocycles. The van der Waals surface area contributed by atoms with E-state index >= 15 is 8.78 Å². The van der Waals surface area contributed by atoms with E-state index in [4.69, 9.17) is 21.1 Å². The number of nitrogens with one attached hydrogen (secondary N) is 2. The Hall–Kier alpha value is -2.77. The fourth-order valence-electron chi connectivity index (χ4n) is 10.1. The molecule has 4 aliphatic carbocycles. The van der Waals surface area contributed by atoms with Gasteiger partial charge in [-0.3, -0.25) is 0 Å². The number of carbonyl (C=O) groups is 1. The average Bonchev–Trinajstić information content (AvgIpc) is 3.36. The van der Waals surface area contributed by atoms with Crippen LogP contribution in [0.5, 0.6) is 0 Å². The standard InChI is InChI=1S/C39H46ClF5N2O5/c1-33(2)21-51-36(52-22-33)16-13-30-31-27(12-15-35(30,49)20-36)29-14-17-37(50,38(41,42)39(43,44)45)34(29,3)18-28(31)24-6-4-23(5-7-24)19-46-32(48)47-26-10-8-25(40)9-11-26/h4-11,27-29,49-50H,12-22H2,1-3H3,(H2,46,47,48)/t27?,28-,29?,34+,35?,37+/m1/s1. The van der Waals surface area contributed by atoms with Crippen LogP contribution >= 0.6 is 11.6 Å². The van der Waals surface area contributed by atoms with Gasteiger partial charge in [-0.2, -0.15) is 22.0 Å². The highest BCUT2D eigenvalue weighted by Gasteiger charge is 2.79. The maximum Gasteiger partial charge on any atom is 0.456 e. The van der Waals surface area contributed by atoms with E-state index in [1.807, 2.05) is 13.8 Å². The lowest BCUT2D eigenvalue weighted by Crippen LogP contribution is -2.65. The fraction of sp³-hybridized carbons (Fsp3) is 0.615. The van der Waals surface area contributed by atoms with Crippen LogP contribution in [0.15, 0.2) is 59.7 Å². The van der Waals surface area contributed by atoms with Gasteiger partial charge in [-0.25, -0.2) is 4.79 Å². The average molecular weight is 753 g/mol. The molecule has 3 saturated carbocycles. The van der Waals surface area contributed by atoms with Crippen LogP contribution in [0.4, 0.5) is 32.4 Å². The van der Waals surface area contributed by atoms with E-state index in [1.165, 1.54) is 6.92 Å². The summed E-state index contributed by atoms with van der Waals surface area (Å²) < 4.78 is 85.5. The molecule has 1 aliphatic heterocycles. The number of alkyl halides is 5. The zero-order valence-corrected chi connectivity index (χ0v) is 30.3. The summed E-state index contributed by atoms with van der Waals surface area (Å²) in [6.07, 6.45) is -4.99. The number of hydrogen-bond donors (Lipinski definition) is 4. The van der Waals surface area contributed by atoms with Crippen molar-refractivity contribution in [1.82, 2.24) is 5.32 Å². The van der Waals surface area contributed by atoms with Crippen LogP contribution in [0.3, 0.4) is 0 Å². The summed E-state index contributed by atoms with van der Waals surface area (Å²) in [5, 5.41) is 30.0. The van der Waals surface area contributed by atoms with Gasteiger partial charge in [0.15, 0.2) is 5.79 Å². The molecule has 0 radical (unpaired) electrons. The van der Waals surface area contributed by atoms with Crippen LogP contribution in [0.1, 0.15) is 89.2 Å². The van der Waals surface area contributed by atoms with Gasteiger partial charge in [0.25, 0.3) is 0 Å². The van der Waals surface area contributed by atoms with Crippen LogP contribution in [-0.2, 0) is 16.0 Å². The topological polar surface area (TPSA) is 100 Å². The Morgan fingerprint density at radius 3 is 2.21 bits per heavy atom. The highest BCUT2D eigenvalue weighted by atomic mass is 35.5. The summed E-state index contributed by atoms with van der Waals surface area (Å²) in [7, 11) is 0. The Bertz CT molecular complexity index is 1720. The quantitative estimate of drug-likeness (QED) is 0.181. The van der Waals surface area contributed by atoms with E-state index in [0.717, 1.165) is 16.7 Å². The first-order valence-corrected chi connectivity index (χ1v) is 18.4. The number of allylic oxidation sites excluding steroid dienone is 1. The summed E-state index contributed by atoms with van der Waals surface area (Å²) in [5.41, 5.74) is -2.91. The third-order valence-corrected chi connectivity index (χ3v) is 13.1. The number of halogens is 6. The molecule has 2 amide bonds. The van der Waals surface area contributed by atoms with E-state index in [2.05, 4.69) is 10.6 Å². The Balaban J connectivity index is 1.21. The molecule has 4 fully saturated rings. The van der Waals surface area contributed by atoms with Gasteiger partial charge in [0.05, 0.1) is 18.8 Å². The lowest BCUT2D eigenvalue weighted by Gasteiger charge is -2.59. The van der Waals surface area contributed by atoms with Crippen molar-refractivity contribution in [2.45, 2.75) is 114 Å². The minimum atomic E-state index is -5.93. The first-order chi connectivity index (χ1) is 24.2. The van der Waals surface area contributed by atoms with Crippen LogP contribution < -0.4 is 10.6 Å². The van der Waals surface area contributed by atoms with Crippen molar-refractivity contribution in [3.05, 3.63) is 75.8 Å². The van der Waals surface area contributed by atoms with Gasteiger partial charge in [0.2, 0.25) is 0 Å². The van der Waals surface area contributed by atoms with Crippen molar-refractivity contribution in [2.75, 3.05) is 18.5 Å². The number of ether oxygens (including phenoxy) is 2. The van der Waals surface area contributed by atoms with Crippen molar-refractivity contribution in [2.24, 2.45) is 22.7 Å². The number of fused-ring (bicyclic) bond motifs is 4. The highest BCUT2D eigenvalue weighted by Crippen LogP contribution is 2.71. The lowest BCUT2D eigenvalue weighted by atomic mass is 9.49. The molecular weight excluding hydrogens is 707 g/mol. The number of benzene rings is 2. The highest BCUT2D eigenvalue weighted by molar-refractivity contribution is 6.30. The van der Waals surface area contributed by atoms with Crippen LogP contribution in [0.25, 0.3) is 0 Å². The summed E-state index contributed by atoms with van der Waals surface area (Å²) in [4.78, 5) is 12.5. The first kappa shape index (κ1) is 37.5. The molecule has 2 aromatic carbocycles. The van der Waals surface area contributed by atoms with Crippen LogP contribution in [0.2, 0.25) is 5.02 Å². The number of rotatable bonds is 5. The SMILES string of the molecule is CC1(C)COC2(CCC3=C4C(CCC3(O)C2)C2CC[C@@](O)(C(F)(F)C(F)(F)F)[C@@]2(C)C[C@@H]4c2ccc(CNC(=O)Nc3ccc(Cl)cc3)cc2)OC1. The van der Waals surface area contributed by atoms with Crippen molar-refractivity contribution < 1.29 is 46.4 Å². The largest absolute Gasteiger partial charge is 0.456 e. The summed E-state index contributed by atoms with van der Waals surface area (Å²) >= 11 is 5.92. The summed E-state index contributed by atoms with van der Waals surface area (Å²) in [5.74, 6) is -7.97. The van der Waals surface area contributed by atoms with E-state index < -0.39 is 64.7 Å². The number of urea groups is 1. The third kappa shape index (κ3) is 6.14. The van der Waals surface area contributed by atoms with Crippen molar-refractivity contribution in [1.29, 1.82) is 0 Å². The zero-order chi connectivity index (χ0) is 37.5. The number of hydrogen-bond acceptors (Lipinski definition) is 5. The monoisotopic (exact) mass is 752 g/mol. The molecule has 52 heavy (non-hydrogen) atoms. The van der Waals surface area contributed by atoms with E-state index in [9.17, 15) is 28.2 Å². The minimum absolute atomic E-state index is 0.0131. The first-order valence-electron chi connectivity index (χ1n) is 18.0. The van der Waals surface area contributed by atoms with Gasteiger partial charge in [0, 0.05) is 46.8 Å². The molecule has 5 aliphatic rings. The number of carbonyl (C=O) groups excluding carboxylic acids is 1. The molecule has 7 rings (SSSR count). The molecule has 284 valence electrons. The number of amides is 2. The van der Waals surface area contributed by atoms with Crippen molar-refractivity contribution in [3.8, 4) is 0 Å². The molecule has 0 bridgehead atoms. The smallest absolute Gasteiger partial charge is 0.385 e. The minimum Gasteiger partial charge on any atom is -0.385 e. The maximum atomic E-state index is 15.4. The predicted octanol–water partition coefficient (Wildman–Crippen LogP) is 8.88. The number of aliphatic hydroxyl groups is 2. The fourth-order valence-corrected chi connectivity index (χ4v) is 10.2. The van der Waals surface area contributed by atoms with E-state index in [0.29, 0.717) is 48.7 Å².